The number of amides is 1. The highest BCUT2D eigenvalue weighted by molar-refractivity contribution is 6.07. The number of ketones is 1. The maximum atomic E-state index is 12.9. The molecule has 4 heteroatoms. The van der Waals surface area contributed by atoms with Crippen LogP contribution >= 0.6 is 0 Å². The monoisotopic (exact) mass is 287 g/mol. The molecule has 0 radical (unpaired) electrons. The number of carbonyl (C=O) groups excluding carboxylic acids is 2. The van der Waals surface area contributed by atoms with E-state index in [1.54, 1.807) is 0 Å². The van der Waals surface area contributed by atoms with Crippen LogP contribution in [0.25, 0.3) is 0 Å². The molecular formula is C17H21NO3. The quantitative estimate of drug-likeness (QED) is 0.840. The van der Waals surface area contributed by atoms with Gasteiger partial charge in [-0.2, -0.15) is 0 Å². The van der Waals surface area contributed by atoms with Crippen LogP contribution in [0.15, 0.2) is 24.3 Å². The fraction of sp³-hybridized carbons (Fsp3) is 0.529. The van der Waals surface area contributed by atoms with Gasteiger partial charge in [-0.15, -0.1) is 0 Å². The van der Waals surface area contributed by atoms with E-state index in [1.807, 2.05) is 29.2 Å². The van der Waals surface area contributed by atoms with Crippen LogP contribution in [0.3, 0.4) is 0 Å². The summed E-state index contributed by atoms with van der Waals surface area (Å²) in [6.45, 7) is 3.33. The molecule has 0 spiro atoms. The van der Waals surface area contributed by atoms with E-state index in [0.717, 1.165) is 24.9 Å². The highest BCUT2D eigenvalue weighted by Gasteiger charge is 2.37. The summed E-state index contributed by atoms with van der Waals surface area (Å²) in [6.07, 6.45) is 2.89. The van der Waals surface area contributed by atoms with Gasteiger partial charge in [0.15, 0.2) is 5.78 Å². The first-order valence-electron chi connectivity index (χ1n) is 7.77. The van der Waals surface area contributed by atoms with Gasteiger partial charge in [-0.1, -0.05) is 19.1 Å². The maximum Gasteiger partial charge on any atom is 0.232 e. The Morgan fingerprint density at radius 3 is 3.00 bits per heavy atom. The highest BCUT2D eigenvalue weighted by Crippen LogP contribution is 2.31. The van der Waals surface area contributed by atoms with Gasteiger partial charge in [-0.25, -0.2) is 0 Å². The number of hydrogen-bond donors (Lipinski definition) is 0. The van der Waals surface area contributed by atoms with Gasteiger partial charge in [0.25, 0.3) is 0 Å². The van der Waals surface area contributed by atoms with Crippen molar-refractivity contribution in [1.82, 2.24) is 0 Å². The lowest BCUT2D eigenvalue weighted by atomic mass is 9.97. The largest absolute Gasteiger partial charge is 0.377 e. The lowest BCUT2D eigenvalue weighted by Gasteiger charge is -2.27. The topological polar surface area (TPSA) is 46.6 Å². The second kappa shape index (κ2) is 5.98. The summed E-state index contributed by atoms with van der Waals surface area (Å²) in [6, 6.07) is 7.46. The molecule has 1 aromatic rings. The summed E-state index contributed by atoms with van der Waals surface area (Å²) in [5.74, 6) is 0.174. The number of para-hydroxylation sites is 1. The highest BCUT2D eigenvalue weighted by atomic mass is 16.5. The molecule has 21 heavy (non-hydrogen) atoms. The van der Waals surface area contributed by atoms with Crippen LogP contribution in [-0.2, 0) is 9.53 Å². The predicted octanol–water partition coefficient (Wildman–Crippen LogP) is 2.81. The van der Waals surface area contributed by atoms with Crippen molar-refractivity contribution >= 4 is 17.4 Å². The molecule has 1 saturated heterocycles. The molecule has 1 aromatic carbocycles. The minimum absolute atomic E-state index is 0.0172. The molecule has 2 aliphatic heterocycles. The van der Waals surface area contributed by atoms with Crippen molar-refractivity contribution in [3.63, 3.8) is 0 Å². The van der Waals surface area contributed by atoms with Crippen molar-refractivity contribution in [2.24, 2.45) is 5.92 Å². The van der Waals surface area contributed by atoms with Gasteiger partial charge in [0.05, 0.1) is 17.7 Å². The van der Waals surface area contributed by atoms with E-state index in [2.05, 4.69) is 6.92 Å². The van der Waals surface area contributed by atoms with Gasteiger partial charge in [0.1, 0.15) is 0 Å². The molecular weight excluding hydrogens is 266 g/mol. The second-order valence-corrected chi connectivity index (χ2v) is 5.75. The molecule has 1 amide bonds. The average Bonchev–Trinajstić information content (AvgIpc) is 2.93. The Morgan fingerprint density at radius 1 is 1.38 bits per heavy atom. The van der Waals surface area contributed by atoms with Crippen LogP contribution in [0.1, 0.15) is 43.0 Å². The Kier molecular flexibility index (Phi) is 4.06. The fourth-order valence-electron chi connectivity index (χ4n) is 3.36. The zero-order chi connectivity index (χ0) is 14.8. The minimum atomic E-state index is -0.0729. The lowest BCUT2D eigenvalue weighted by Crippen LogP contribution is -2.40. The number of nitrogens with zero attached hydrogens (tertiary/aromatic N) is 1. The Labute approximate surface area is 125 Å². The van der Waals surface area contributed by atoms with Crippen LogP contribution in [0.5, 0.6) is 0 Å². The maximum absolute atomic E-state index is 12.9. The molecule has 0 bridgehead atoms. The molecule has 112 valence electrons. The Morgan fingerprint density at radius 2 is 2.19 bits per heavy atom. The third-order valence-electron chi connectivity index (χ3n) is 4.48. The van der Waals surface area contributed by atoms with Crippen molar-refractivity contribution in [1.29, 1.82) is 0 Å². The molecule has 2 atom stereocenters. The molecule has 4 nitrogen and oxygen atoms in total. The number of carbonyl (C=O) groups is 2. The van der Waals surface area contributed by atoms with Gasteiger partial charge in [0.2, 0.25) is 5.91 Å². The molecule has 2 heterocycles. The number of hydrogen-bond acceptors (Lipinski definition) is 3. The van der Waals surface area contributed by atoms with Crippen molar-refractivity contribution in [2.45, 2.75) is 38.7 Å². The van der Waals surface area contributed by atoms with E-state index in [9.17, 15) is 9.59 Å². The number of rotatable bonds is 2. The molecule has 2 aliphatic rings. The Balaban J connectivity index is 1.92. The van der Waals surface area contributed by atoms with Crippen LogP contribution in [0.4, 0.5) is 5.69 Å². The van der Waals surface area contributed by atoms with Crippen LogP contribution in [0.2, 0.25) is 0 Å². The van der Waals surface area contributed by atoms with Gasteiger partial charge in [-0.05, 0) is 31.4 Å². The Hall–Kier alpha value is -1.68. The minimum Gasteiger partial charge on any atom is -0.377 e. The van der Waals surface area contributed by atoms with Crippen LogP contribution < -0.4 is 4.90 Å². The van der Waals surface area contributed by atoms with Gasteiger partial charge in [-0.3, -0.25) is 9.59 Å². The number of benzene rings is 1. The first-order valence-corrected chi connectivity index (χ1v) is 7.77. The Bertz CT molecular complexity index is 555. The number of ether oxygens (including phenoxy) is 1. The SMILES string of the molecule is CCC1OCCC1C(=O)N1CCCC(=O)c2ccccc21. The second-order valence-electron chi connectivity index (χ2n) is 5.75. The van der Waals surface area contributed by atoms with Crippen LogP contribution in [-0.4, -0.2) is 30.9 Å². The number of anilines is 1. The van der Waals surface area contributed by atoms with E-state index in [4.69, 9.17) is 4.74 Å². The average molecular weight is 287 g/mol. The summed E-state index contributed by atoms with van der Waals surface area (Å²) < 4.78 is 5.65. The third-order valence-corrected chi connectivity index (χ3v) is 4.48. The number of fused-ring (bicyclic) bond motifs is 1. The van der Waals surface area contributed by atoms with E-state index in [1.165, 1.54) is 0 Å². The first kappa shape index (κ1) is 14.3. The zero-order valence-corrected chi connectivity index (χ0v) is 12.4. The third kappa shape index (κ3) is 2.60. The molecule has 3 rings (SSSR count). The molecule has 2 unspecified atom stereocenters. The van der Waals surface area contributed by atoms with Crippen molar-refractivity contribution < 1.29 is 14.3 Å². The van der Waals surface area contributed by atoms with E-state index >= 15 is 0 Å². The van der Waals surface area contributed by atoms with Crippen molar-refractivity contribution in [2.75, 3.05) is 18.1 Å². The van der Waals surface area contributed by atoms with Gasteiger partial charge < -0.3 is 9.64 Å². The number of Topliss-reactive ketones (excluding diaryl/α,β-unsaturated/α-hetero) is 1. The normalized spacial score (nSPS) is 25.6. The zero-order valence-electron chi connectivity index (χ0n) is 12.4. The van der Waals surface area contributed by atoms with Gasteiger partial charge >= 0.3 is 0 Å². The molecule has 0 aromatic heterocycles. The molecule has 1 fully saturated rings. The molecule has 0 aliphatic carbocycles. The van der Waals surface area contributed by atoms with Crippen molar-refractivity contribution in [3.05, 3.63) is 29.8 Å². The summed E-state index contributed by atoms with van der Waals surface area (Å²) >= 11 is 0. The van der Waals surface area contributed by atoms with Crippen molar-refractivity contribution in [3.8, 4) is 0 Å². The first-order chi connectivity index (χ1) is 10.2. The summed E-state index contributed by atoms with van der Waals surface area (Å²) in [5, 5.41) is 0. The fourth-order valence-corrected chi connectivity index (χ4v) is 3.36. The van der Waals surface area contributed by atoms with E-state index < -0.39 is 0 Å². The van der Waals surface area contributed by atoms with Gasteiger partial charge in [0, 0.05) is 25.1 Å². The molecule has 0 saturated carbocycles. The summed E-state index contributed by atoms with van der Waals surface area (Å²) in [7, 11) is 0. The summed E-state index contributed by atoms with van der Waals surface area (Å²) in [5.41, 5.74) is 1.45. The smallest absolute Gasteiger partial charge is 0.232 e. The standard InChI is InChI=1S/C17H21NO3/c1-2-16-13(9-11-21-16)17(20)18-10-5-8-15(19)12-6-3-4-7-14(12)18/h3-4,6-7,13,16H,2,5,8-11H2,1H3. The lowest BCUT2D eigenvalue weighted by molar-refractivity contribution is -0.124. The van der Waals surface area contributed by atoms with E-state index in [-0.39, 0.29) is 23.7 Å². The van der Waals surface area contributed by atoms with Crippen LogP contribution in [0, 0.1) is 5.92 Å². The molecule has 0 N–H and O–H groups in total. The summed E-state index contributed by atoms with van der Waals surface area (Å²) in [4.78, 5) is 26.9. The predicted molar refractivity (Wildman–Crippen MR) is 80.5 cm³/mol. The van der Waals surface area contributed by atoms with E-state index in [0.29, 0.717) is 25.1 Å².